The Labute approximate surface area is 299 Å². The van der Waals surface area contributed by atoms with E-state index in [0.717, 1.165) is 33.3 Å². The van der Waals surface area contributed by atoms with Gasteiger partial charge in [-0.25, -0.2) is 0 Å². The van der Waals surface area contributed by atoms with Crippen molar-refractivity contribution in [3.8, 4) is 45.5 Å². The molecule has 4 heterocycles. The highest BCUT2D eigenvalue weighted by molar-refractivity contribution is 6.13. The first-order valence-electron chi connectivity index (χ1n) is 16.4. The molecule has 0 aliphatic carbocycles. The molecular formula is C41H34N8O3. The summed E-state index contributed by atoms with van der Waals surface area (Å²) in [5.41, 5.74) is 11.1. The van der Waals surface area contributed by atoms with Crippen molar-refractivity contribution in [3.63, 3.8) is 0 Å². The molecule has 11 nitrogen and oxygen atoms in total. The predicted octanol–water partition coefficient (Wildman–Crippen LogP) is 8.54. The number of aromatic nitrogens is 6. The average Bonchev–Trinajstić information content (AvgIpc) is 3.80. The van der Waals surface area contributed by atoms with Gasteiger partial charge in [0.1, 0.15) is 23.0 Å². The number of anilines is 2. The van der Waals surface area contributed by atoms with Crippen LogP contribution in [0, 0.1) is 0 Å². The van der Waals surface area contributed by atoms with E-state index in [0.29, 0.717) is 39.9 Å². The molecule has 0 aliphatic heterocycles. The Balaban J connectivity index is 0.000000180. The number of carbonyl (C=O) groups excluding carboxylic acids is 1. The number of nitrogens with zero attached hydrogens (tertiary/aromatic N) is 6. The van der Waals surface area contributed by atoms with E-state index in [1.807, 2.05) is 124 Å². The van der Waals surface area contributed by atoms with Gasteiger partial charge in [-0.3, -0.25) is 24.1 Å². The van der Waals surface area contributed by atoms with E-state index in [1.54, 1.807) is 52.4 Å². The van der Waals surface area contributed by atoms with Crippen molar-refractivity contribution in [3.05, 3.63) is 158 Å². The number of nitrogen functional groups attached to an aromatic ring is 1. The minimum atomic E-state index is -0.165. The molecule has 4 aromatic heterocycles. The third-order valence-corrected chi connectivity index (χ3v) is 7.92. The maximum Gasteiger partial charge on any atom is 0.256 e. The highest BCUT2D eigenvalue weighted by Crippen LogP contribution is 2.29. The molecule has 3 N–H and O–H groups in total. The van der Waals surface area contributed by atoms with Crippen molar-refractivity contribution < 1.29 is 14.3 Å². The van der Waals surface area contributed by atoms with Gasteiger partial charge in [-0.05, 0) is 53.2 Å². The fourth-order valence-electron chi connectivity index (χ4n) is 5.48. The molecule has 0 saturated heterocycles. The molecule has 256 valence electrons. The van der Waals surface area contributed by atoms with Gasteiger partial charge < -0.3 is 20.5 Å². The van der Waals surface area contributed by atoms with Crippen LogP contribution in [0.5, 0.6) is 23.0 Å². The minimum Gasteiger partial charge on any atom is -0.457 e. The minimum absolute atomic E-state index is 0.165. The van der Waals surface area contributed by atoms with Crippen molar-refractivity contribution in [1.29, 1.82) is 0 Å². The third-order valence-electron chi connectivity index (χ3n) is 7.92. The van der Waals surface area contributed by atoms with Crippen LogP contribution in [0.1, 0.15) is 10.4 Å². The average molecular weight is 687 g/mol. The van der Waals surface area contributed by atoms with Crippen LogP contribution >= 0.6 is 0 Å². The number of benzene rings is 4. The molecule has 8 aromatic rings. The Morgan fingerprint density at radius 2 is 1.19 bits per heavy atom. The van der Waals surface area contributed by atoms with E-state index in [1.165, 1.54) is 0 Å². The van der Waals surface area contributed by atoms with Gasteiger partial charge in [-0.1, -0.05) is 48.5 Å². The van der Waals surface area contributed by atoms with Crippen LogP contribution in [0.25, 0.3) is 33.3 Å². The largest absolute Gasteiger partial charge is 0.457 e. The highest BCUT2D eigenvalue weighted by atomic mass is 16.5. The van der Waals surface area contributed by atoms with Gasteiger partial charge in [-0.2, -0.15) is 10.2 Å². The van der Waals surface area contributed by atoms with E-state index in [2.05, 4.69) is 25.5 Å². The molecule has 4 aromatic carbocycles. The number of fused-ring (bicyclic) bond motifs is 1. The summed E-state index contributed by atoms with van der Waals surface area (Å²) in [7, 11) is 3.73. The molecule has 0 unspecified atom stereocenters. The lowest BCUT2D eigenvalue weighted by Crippen LogP contribution is -2.12. The molecule has 0 aliphatic rings. The van der Waals surface area contributed by atoms with E-state index in [9.17, 15) is 4.79 Å². The molecule has 52 heavy (non-hydrogen) atoms. The second-order valence-electron chi connectivity index (χ2n) is 11.8. The van der Waals surface area contributed by atoms with Gasteiger partial charge >= 0.3 is 0 Å². The van der Waals surface area contributed by atoms with Crippen LogP contribution in [0.4, 0.5) is 11.4 Å². The first kappa shape index (κ1) is 33.2. The lowest BCUT2D eigenvalue weighted by molar-refractivity contribution is 0.102. The number of carbonyl (C=O) groups is 1. The number of pyridine rings is 2. The second kappa shape index (κ2) is 15.1. The third kappa shape index (κ3) is 8.12. The maximum absolute atomic E-state index is 12.9. The first-order chi connectivity index (χ1) is 25.4. The van der Waals surface area contributed by atoms with Crippen molar-refractivity contribution in [2.45, 2.75) is 0 Å². The second-order valence-corrected chi connectivity index (χ2v) is 11.8. The van der Waals surface area contributed by atoms with Crippen LogP contribution < -0.4 is 20.5 Å². The summed E-state index contributed by atoms with van der Waals surface area (Å²) in [6.07, 6.45) is 10.7. The summed E-state index contributed by atoms with van der Waals surface area (Å²) in [6.45, 7) is 0. The Morgan fingerprint density at radius 1 is 0.635 bits per heavy atom. The zero-order chi connectivity index (χ0) is 35.9. The molecule has 11 heteroatoms. The standard InChI is InChI=1S/C26H20N4O2.C15H14N4O/c1-30-17-19(16-28-30)25-15-22(12-13-27-25)32-21-9-5-8-20(14-21)29-26(31)24-11-4-7-18-6-2-3-10-23(18)24;1-19-10-11(9-18-19)15-8-14(5-6-17-15)20-13-4-2-3-12(16)7-13/h2-17H,1H3,(H,29,31);2-10H,16H2,1H3. The summed E-state index contributed by atoms with van der Waals surface area (Å²) in [6, 6.07) is 35.5. The summed E-state index contributed by atoms with van der Waals surface area (Å²) >= 11 is 0. The lowest BCUT2D eigenvalue weighted by Gasteiger charge is -2.11. The van der Waals surface area contributed by atoms with E-state index < -0.39 is 0 Å². The van der Waals surface area contributed by atoms with Crippen molar-refractivity contribution in [2.24, 2.45) is 14.1 Å². The van der Waals surface area contributed by atoms with E-state index in [4.69, 9.17) is 15.2 Å². The van der Waals surface area contributed by atoms with Gasteiger partial charge in [0.05, 0.1) is 23.8 Å². The van der Waals surface area contributed by atoms with Crippen LogP contribution in [-0.4, -0.2) is 35.4 Å². The van der Waals surface area contributed by atoms with Gasteiger partial charge in [-0.15, -0.1) is 0 Å². The zero-order valence-electron chi connectivity index (χ0n) is 28.4. The molecule has 8 rings (SSSR count). The number of hydrogen-bond donors (Lipinski definition) is 2. The highest BCUT2D eigenvalue weighted by Gasteiger charge is 2.11. The summed E-state index contributed by atoms with van der Waals surface area (Å²) in [5.74, 6) is 2.51. The monoisotopic (exact) mass is 686 g/mol. The lowest BCUT2D eigenvalue weighted by atomic mass is 10.0. The Bertz CT molecular complexity index is 2480. The number of nitrogens with two attached hydrogens (primary N) is 1. The predicted molar refractivity (Wildman–Crippen MR) is 202 cm³/mol. The van der Waals surface area contributed by atoms with Crippen LogP contribution in [0.3, 0.4) is 0 Å². The fourth-order valence-corrected chi connectivity index (χ4v) is 5.48. The first-order valence-corrected chi connectivity index (χ1v) is 16.4. The Kier molecular flexibility index (Phi) is 9.65. The number of rotatable bonds is 8. The summed E-state index contributed by atoms with van der Waals surface area (Å²) in [5, 5.41) is 13.2. The number of amides is 1. The van der Waals surface area contributed by atoms with Crippen LogP contribution in [0.2, 0.25) is 0 Å². The normalized spacial score (nSPS) is 10.7. The topological polar surface area (TPSA) is 135 Å². The Morgan fingerprint density at radius 3 is 1.81 bits per heavy atom. The smallest absolute Gasteiger partial charge is 0.256 e. The van der Waals surface area contributed by atoms with Gasteiger partial charge in [0.25, 0.3) is 5.91 Å². The Hall–Kier alpha value is -7.27. The quantitative estimate of drug-likeness (QED) is 0.152. The molecule has 1 amide bonds. The van der Waals surface area contributed by atoms with E-state index >= 15 is 0 Å². The van der Waals surface area contributed by atoms with Crippen molar-refractivity contribution >= 4 is 28.1 Å². The van der Waals surface area contributed by atoms with Crippen molar-refractivity contribution in [1.82, 2.24) is 29.5 Å². The number of hydrogen-bond acceptors (Lipinski definition) is 8. The van der Waals surface area contributed by atoms with Crippen LogP contribution in [-0.2, 0) is 14.1 Å². The molecular weight excluding hydrogens is 653 g/mol. The van der Waals surface area contributed by atoms with Gasteiger partial charge in [0.2, 0.25) is 0 Å². The number of aryl methyl sites for hydroxylation is 2. The molecule has 0 spiro atoms. The molecule has 0 radical (unpaired) electrons. The van der Waals surface area contributed by atoms with E-state index in [-0.39, 0.29) is 5.91 Å². The summed E-state index contributed by atoms with van der Waals surface area (Å²) in [4.78, 5) is 21.6. The molecule has 0 bridgehead atoms. The zero-order valence-corrected chi connectivity index (χ0v) is 28.4. The SMILES string of the molecule is Cn1cc(-c2cc(Oc3cccc(N)c3)ccn2)cn1.Cn1cc(-c2cc(Oc3cccc(NC(=O)c4cccc5ccccc45)c3)ccn2)cn1. The molecule has 0 fully saturated rings. The van der Waals surface area contributed by atoms with Gasteiger partial charge in [0, 0.05) is 91.2 Å². The van der Waals surface area contributed by atoms with Gasteiger partial charge in [0.15, 0.2) is 0 Å². The van der Waals surface area contributed by atoms with Crippen molar-refractivity contribution in [2.75, 3.05) is 11.1 Å². The fraction of sp³-hybridized carbons (Fsp3) is 0.0488. The number of nitrogens with one attached hydrogen (secondary N) is 1. The number of ether oxygens (including phenoxy) is 2. The molecule has 0 saturated carbocycles. The summed E-state index contributed by atoms with van der Waals surface area (Å²) < 4.78 is 15.3. The maximum atomic E-state index is 12.9. The molecule has 0 atom stereocenters. The van der Waals surface area contributed by atoms with Crippen LogP contribution in [0.15, 0.2) is 152 Å².